The fraction of sp³-hybridized carbons (Fsp3) is 0.889. The Kier molecular flexibility index (Phi) is 5.68. The van der Waals surface area contributed by atoms with E-state index < -0.39 is 24.6 Å². The molecular formula is C9H18O5. The third-order valence-corrected chi connectivity index (χ3v) is 1.92. The molecule has 0 aliphatic heterocycles. The van der Waals surface area contributed by atoms with Gasteiger partial charge in [0.2, 0.25) is 0 Å². The van der Waals surface area contributed by atoms with Crippen LogP contribution in [0.15, 0.2) is 0 Å². The topological polar surface area (TPSA) is 87.0 Å². The summed E-state index contributed by atoms with van der Waals surface area (Å²) in [7, 11) is 0. The molecule has 0 radical (unpaired) electrons. The van der Waals surface area contributed by atoms with Crippen molar-refractivity contribution in [2.75, 3.05) is 19.8 Å². The zero-order valence-corrected chi connectivity index (χ0v) is 8.56. The number of rotatable bonds is 7. The molecule has 5 heteroatoms. The van der Waals surface area contributed by atoms with Crippen molar-refractivity contribution in [3.05, 3.63) is 0 Å². The number of carboxylic acid groups (broad SMARTS) is 1. The fourth-order valence-electron chi connectivity index (χ4n) is 0.968. The van der Waals surface area contributed by atoms with Gasteiger partial charge in [-0.1, -0.05) is 0 Å². The summed E-state index contributed by atoms with van der Waals surface area (Å²) >= 11 is 0. The summed E-state index contributed by atoms with van der Waals surface area (Å²) in [6, 6.07) is 0. The summed E-state index contributed by atoms with van der Waals surface area (Å²) in [5.74, 6) is -1.06. The van der Waals surface area contributed by atoms with Crippen molar-refractivity contribution in [1.82, 2.24) is 0 Å². The Hall–Kier alpha value is -0.650. The molecule has 0 aromatic heterocycles. The Labute approximate surface area is 83.3 Å². The van der Waals surface area contributed by atoms with Crippen LogP contribution >= 0.6 is 0 Å². The van der Waals surface area contributed by atoms with Crippen LogP contribution in [0.25, 0.3) is 0 Å². The first-order valence-corrected chi connectivity index (χ1v) is 4.51. The van der Waals surface area contributed by atoms with Crippen molar-refractivity contribution in [1.29, 1.82) is 0 Å². The molecule has 3 N–H and O–H groups in total. The van der Waals surface area contributed by atoms with Gasteiger partial charge in [-0.15, -0.1) is 0 Å². The molecule has 14 heavy (non-hydrogen) atoms. The lowest BCUT2D eigenvalue weighted by atomic mass is 9.87. The summed E-state index contributed by atoms with van der Waals surface area (Å²) in [6.45, 7) is 2.86. The van der Waals surface area contributed by atoms with Crippen LogP contribution in [0.2, 0.25) is 0 Å². The lowest BCUT2D eigenvalue weighted by Gasteiger charge is -2.28. The highest BCUT2D eigenvalue weighted by atomic mass is 16.5. The summed E-state index contributed by atoms with van der Waals surface area (Å²) in [6.07, 6.45) is -0.353. The van der Waals surface area contributed by atoms with E-state index in [1.807, 2.05) is 0 Å². The quantitative estimate of drug-likeness (QED) is 0.539. The lowest BCUT2D eigenvalue weighted by molar-refractivity contribution is -0.144. The molecule has 0 amide bonds. The van der Waals surface area contributed by atoms with Gasteiger partial charge in [0.25, 0.3) is 0 Å². The molecule has 0 unspecified atom stereocenters. The zero-order valence-electron chi connectivity index (χ0n) is 8.56. The number of aliphatic hydroxyl groups excluding tert-OH is 2. The van der Waals surface area contributed by atoms with E-state index in [1.54, 1.807) is 13.8 Å². The van der Waals surface area contributed by atoms with E-state index in [9.17, 15) is 4.79 Å². The first-order chi connectivity index (χ1) is 6.45. The van der Waals surface area contributed by atoms with Crippen LogP contribution in [-0.4, -0.2) is 47.2 Å². The van der Waals surface area contributed by atoms with Gasteiger partial charge >= 0.3 is 5.97 Å². The van der Waals surface area contributed by atoms with Crippen LogP contribution in [0.3, 0.4) is 0 Å². The van der Waals surface area contributed by atoms with E-state index in [0.29, 0.717) is 0 Å². The van der Waals surface area contributed by atoms with Crippen molar-refractivity contribution in [3.8, 4) is 0 Å². The van der Waals surface area contributed by atoms with Gasteiger partial charge in [0.05, 0.1) is 37.8 Å². The van der Waals surface area contributed by atoms with Crippen LogP contribution in [0.5, 0.6) is 0 Å². The fourth-order valence-corrected chi connectivity index (χ4v) is 0.968. The number of hydrogen-bond donors (Lipinski definition) is 3. The highest BCUT2D eigenvalue weighted by molar-refractivity contribution is 5.67. The lowest BCUT2D eigenvalue weighted by Crippen LogP contribution is -2.38. The molecule has 0 aliphatic rings. The summed E-state index contributed by atoms with van der Waals surface area (Å²) in [4.78, 5) is 10.5. The summed E-state index contributed by atoms with van der Waals surface area (Å²) in [5.41, 5.74) is -1.07. The van der Waals surface area contributed by atoms with Crippen molar-refractivity contribution in [2.24, 2.45) is 5.41 Å². The van der Waals surface area contributed by atoms with Gasteiger partial charge < -0.3 is 20.1 Å². The van der Waals surface area contributed by atoms with E-state index in [-0.39, 0.29) is 19.1 Å². The molecule has 0 rings (SSSR count). The summed E-state index contributed by atoms with van der Waals surface area (Å²) in [5, 5.41) is 26.7. The summed E-state index contributed by atoms with van der Waals surface area (Å²) < 4.78 is 5.21. The van der Waals surface area contributed by atoms with Gasteiger partial charge in [-0.2, -0.15) is 0 Å². The second-order valence-corrected chi connectivity index (χ2v) is 3.75. The molecule has 0 fully saturated rings. The average Bonchev–Trinajstić information content (AvgIpc) is 2.11. The van der Waals surface area contributed by atoms with E-state index in [0.717, 1.165) is 0 Å². The van der Waals surface area contributed by atoms with Crippen molar-refractivity contribution < 1.29 is 24.9 Å². The number of aliphatic carboxylic acids is 1. The Morgan fingerprint density at radius 3 is 2.14 bits per heavy atom. The van der Waals surface area contributed by atoms with Gasteiger partial charge in [0.1, 0.15) is 0 Å². The SMILES string of the molecule is CC(C)OCC(CO)(CO)CC(=O)O. The minimum atomic E-state index is -1.07. The van der Waals surface area contributed by atoms with Gasteiger partial charge in [-0.3, -0.25) is 4.79 Å². The maximum Gasteiger partial charge on any atom is 0.304 e. The predicted molar refractivity (Wildman–Crippen MR) is 49.9 cm³/mol. The monoisotopic (exact) mass is 206 g/mol. The standard InChI is InChI=1S/C9H18O5/c1-7(2)14-6-9(4-10,5-11)3-8(12)13/h7,10-11H,3-6H2,1-2H3,(H,12,13). The predicted octanol–water partition coefficient (Wildman–Crippen LogP) is -0.143. The number of ether oxygens (including phenoxy) is 1. The first kappa shape index (κ1) is 13.4. The third kappa shape index (κ3) is 4.55. The second-order valence-electron chi connectivity index (χ2n) is 3.75. The Morgan fingerprint density at radius 1 is 1.36 bits per heavy atom. The first-order valence-electron chi connectivity index (χ1n) is 4.51. The molecule has 5 nitrogen and oxygen atoms in total. The third-order valence-electron chi connectivity index (χ3n) is 1.92. The molecule has 0 aromatic carbocycles. The van der Waals surface area contributed by atoms with Crippen molar-refractivity contribution in [2.45, 2.75) is 26.4 Å². The van der Waals surface area contributed by atoms with Crippen LogP contribution in [0.4, 0.5) is 0 Å². The van der Waals surface area contributed by atoms with E-state index >= 15 is 0 Å². The van der Waals surface area contributed by atoms with Gasteiger partial charge in [-0.25, -0.2) is 0 Å². The Bertz CT molecular complexity index is 174. The molecule has 84 valence electrons. The molecule has 0 aromatic rings. The number of hydrogen-bond acceptors (Lipinski definition) is 4. The maximum absolute atomic E-state index is 10.5. The van der Waals surface area contributed by atoms with Crippen LogP contribution in [0, 0.1) is 5.41 Å². The highest BCUT2D eigenvalue weighted by Gasteiger charge is 2.32. The maximum atomic E-state index is 10.5. The molecule has 0 heterocycles. The molecule has 0 aliphatic carbocycles. The molecular weight excluding hydrogens is 188 g/mol. The minimum absolute atomic E-state index is 0.0456. The van der Waals surface area contributed by atoms with Crippen molar-refractivity contribution in [3.63, 3.8) is 0 Å². The van der Waals surface area contributed by atoms with E-state index in [4.69, 9.17) is 20.1 Å². The van der Waals surface area contributed by atoms with Gasteiger partial charge in [-0.05, 0) is 13.8 Å². The minimum Gasteiger partial charge on any atom is -0.481 e. The van der Waals surface area contributed by atoms with Crippen LogP contribution in [0.1, 0.15) is 20.3 Å². The average molecular weight is 206 g/mol. The van der Waals surface area contributed by atoms with Gasteiger partial charge in [0, 0.05) is 0 Å². The van der Waals surface area contributed by atoms with Crippen LogP contribution < -0.4 is 0 Å². The van der Waals surface area contributed by atoms with E-state index in [1.165, 1.54) is 0 Å². The number of aliphatic hydroxyl groups is 2. The number of carboxylic acids is 1. The van der Waals surface area contributed by atoms with Crippen LogP contribution in [-0.2, 0) is 9.53 Å². The molecule has 0 spiro atoms. The Morgan fingerprint density at radius 2 is 1.86 bits per heavy atom. The van der Waals surface area contributed by atoms with E-state index in [2.05, 4.69) is 0 Å². The Balaban J connectivity index is 4.29. The zero-order chi connectivity index (χ0) is 11.2. The normalized spacial score (nSPS) is 12.1. The molecule has 0 atom stereocenters. The number of carbonyl (C=O) groups is 1. The van der Waals surface area contributed by atoms with Gasteiger partial charge in [0.15, 0.2) is 0 Å². The van der Waals surface area contributed by atoms with Crippen molar-refractivity contribution >= 4 is 5.97 Å². The highest BCUT2D eigenvalue weighted by Crippen LogP contribution is 2.21. The second kappa shape index (κ2) is 5.95. The largest absolute Gasteiger partial charge is 0.481 e. The smallest absolute Gasteiger partial charge is 0.304 e. The molecule has 0 saturated heterocycles. The molecule has 0 saturated carbocycles. The molecule has 0 bridgehead atoms.